The van der Waals surface area contributed by atoms with Gasteiger partial charge in [0.25, 0.3) is 5.91 Å². The zero-order chi connectivity index (χ0) is 19.5. The topological polar surface area (TPSA) is 77.6 Å². The fourth-order valence-corrected chi connectivity index (χ4v) is 3.26. The van der Waals surface area contributed by atoms with E-state index in [2.05, 4.69) is 15.4 Å². The first kappa shape index (κ1) is 17.9. The van der Waals surface area contributed by atoms with Crippen molar-refractivity contribution in [1.29, 1.82) is 0 Å². The number of hydrazone groups is 1. The van der Waals surface area contributed by atoms with E-state index < -0.39 is 0 Å². The number of para-hydroxylation sites is 1. The summed E-state index contributed by atoms with van der Waals surface area (Å²) < 4.78 is 13.5. The van der Waals surface area contributed by atoms with Crippen LogP contribution in [0.4, 0.5) is 10.1 Å². The molecule has 0 spiro atoms. The van der Waals surface area contributed by atoms with Gasteiger partial charge >= 0.3 is 0 Å². The first-order valence-electron chi connectivity index (χ1n) is 9.11. The van der Waals surface area contributed by atoms with E-state index in [0.29, 0.717) is 30.8 Å². The lowest BCUT2D eigenvalue weighted by Gasteiger charge is -2.23. The third-order valence-corrected chi connectivity index (χ3v) is 4.70. The van der Waals surface area contributed by atoms with Crippen LogP contribution in [0.15, 0.2) is 59.8 Å². The predicted octanol–water partition coefficient (Wildman–Crippen LogP) is 3.15. The quantitative estimate of drug-likeness (QED) is 0.715. The number of rotatable bonds is 5. The largest absolute Gasteiger partial charge is 0.361 e. The highest BCUT2D eigenvalue weighted by Crippen LogP contribution is 2.21. The van der Waals surface area contributed by atoms with Gasteiger partial charge in [-0.3, -0.25) is 9.59 Å². The van der Waals surface area contributed by atoms with Crippen LogP contribution in [0.25, 0.3) is 10.9 Å². The second-order valence-corrected chi connectivity index (χ2v) is 6.60. The van der Waals surface area contributed by atoms with Crippen molar-refractivity contribution in [2.75, 3.05) is 11.6 Å². The summed E-state index contributed by atoms with van der Waals surface area (Å²) in [7, 11) is 0. The van der Waals surface area contributed by atoms with Crippen molar-refractivity contribution in [3.8, 4) is 0 Å². The first-order chi connectivity index (χ1) is 13.6. The smallest absolute Gasteiger partial charge is 0.267 e. The Morgan fingerprint density at radius 3 is 2.82 bits per heavy atom. The van der Waals surface area contributed by atoms with Gasteiger partial charge in [0.2, 0.25) is 5.91 Å². The lowest BCUT2D eigenvalue weighted by atomic mass is 10.1. The van der Waals surface area contributed by atoms with Gasteiger partial charge in [-0.1, -0.05) is 18.2 Å². The Bertz CT molecular complexity index is 1060. The number of carbonyl (C=O) groups excluding carboxylic acids is 2. The summed E-state index contributed by atoms with van der Waals surface area (Å²) in [5.74, 6) is -0.720. The Morgan fingerprint density at radius 1 is 1.18 bits per heavy atom. The molecule has 2 amide bonds. The number of hydrogen-bond donors (Lipinski definition) is 2. The Hall–Kier alpha value is -3.48. The van der Waals surface area contributed by atoms with Gasteiger partial charge in [0.15, 0.2) is 0 Å². The van der Waals surface area contributed by atoms with Crippen molar-refractivity contribution in [2.45, 2.75) is 19.3 Å². The Morgan fingerprint density at radius 2 is 2.00 bits per heavy atom. The molecule has 2 aromatic carbocycles. The van der Waals surface area contributed by atoms with E-state index in [1.165, 1.54) is 17.1 Å². The number of hydrogen-bond acceptors (Lipinski definition) is 3. The number of H-pyrrole nitrogens is 1. The summed E-state index contributed by atoms with van der Waals surface area (Å²) in [6.45, 7) is 0.389. The molecule has 1 aromatic heterocycles. The molecule has 0 radical (unpaired) electrons. The lowest BCUT2D eigenvalue weighted by molar-refractivity contribution is -0.118. The van der Waals surface area contributed by atoms with Crippen LogP contribution in [-0.4, -0.2) is 29.1 Å². The number of carbonyl (C=O) groups is 2. The lowest BCUT2D eigenvalue weighted by Crippen LogP contribution is -2.39. The number of anilines is 1. The third-order valence-electron chi connectivity index (χ3n) is 4.70. The van der Waals surface area contributed by atoms with Crippen molar-refractivity contribution in [3.63, 3.8) is 0 Å². The standard InChI is InChI=1S/C21H19FN4O2/c22-15-6-7-18-17(12-15)14(13-24-18)10-11-23-21(28)19-8-9-20(27)26(25-19)16-4-2-1-3-5-16/h1-7,12-13,24H,8-11H2,(H,23,28). The molecule has 142 valence electrons. The molecule has 2 N–H and O–H groups in total. The molecule has 6 nitrogen and oxygen atoms in total. The Labute approximate surface area is 161 Å². The first-order valence-corrected chi connectivity index (χ1v) is 9.11. The van der Waals surface area contributed by atoms with Gasteiger partial charge in [0.05, 0.1) is 5.69 Å². The maximum absolute atomic E-state index is 13.5. The molecule has 7 heteroatoms. The maximum Gasteiger partial charge on any atom is 0.267 e. The van der Waals surface area contributed by atoms with Crippen LogP contribution in [0, 0.1) is 5.82 Å². The fraction of sp³-hybridized carbons (Fsp3) is 0.190. The molecular formula is C21H19FN4O2. The minimum Gasteiger partial charge on any atom is -0.361 e. The van der Waals surface area contributed by atoms with Crippen molar-refractivity contribution in [1.82, 2.24) is 10.3 Å². The molecule has 0 unspecified atom stereocenters. The highest BCUT2D eigenvalue weighted by Gasteiger charge is 2.25. The van der Waals surface area contributed by atoms with Crippen molar-refractivity contribution in [2.24, 2.45) is 5.10 Å². The summed E-state index contributed by atoms with van der Waals surface area (Å²) in [5, 5.41) is 9.17. The highest BCUT2D eigenvalue weighted by molar-refractivity contribution is 6.40. The van der Waals surface area contributed by atoms with E-state index in [1.54, 1.807) is 18.2 Å². The van der Waals surface area contributed by atoms with Crippen LogP contribution in [0.2, 0.25) is 0 Å². The second kappa shape index (κ2) is 7.64. The van der Waals surface area contributed by atoms with E-state index in [0.717, 1.165) is 16.5 Å². The Kier molecular flexibility index (Phi) is 4.89. The maximum atomic E-state index is 13.5. The molecule has 28 heavy (non-hydrogen) atoms. The van der Waals surface area contributed by atoms with E-state index in [9.17, 15) is 14.0 Å². The molecule has 0 fully saturated rings. The average Bonchev–Trinajstić information content (AvgIpc) is 3.11. The van der Waals surface area contributed by atoms with E-state index in [4.69, 9.17) is 0 Å². The summed E-state index contributed by atoms with van der Waals surface area (Å²) in [6, 6.07) is 13.6. The van der Waals surface area contributed by atoms with E-state index >= 15 is 0 Å². The van der Waals surface area contributed by atoms with Gasteiger partial charge in [-0.25, -0.2) is 9.40 Å². The molecule has 1 aliphatic rings. The fourth-order valence-electron chi connectivity index (χ4n) is 3.26. The van der Waals surface area contributed by atoms with Crippen molar-refractivity contribution < 1.29 is 14.0 Å². The van der Waals surface area contributed by atoms with Crippen LogP contribution in [0.5, 0.6) is 0 Å². The minimum absolute atomic E-state index is 0.136. The zero-order valence-corrected chi connectivity index (χ0v) is 15.1. The zero-order valence-electron chi connectivity index (χ0n) is 15.1. The van der Waals surface area contributed by atoms with E-state index in [-0.39, 0.29) is 24.1 Å². The highest BCUT2D eigenvalue weighted by atomic mass is 19.1. The normalized spacial score (nSPS) is 14.2. The molecular weight excluding hydrogens is 359 g/mol. The number of aromatic amines is 1. The summed E-state index contributed by atoms with van der Waals surface area (Å²) in [6.07, 6.45) is 2.93. The molecule has 3 aromatic rings. The predicted molar refractivity (Wildman–Crippen MR) is 106 cm³/mol. The molecule has 1 aliphatic heterocycles. The number of amides is 2. The molecule has 4 rings (SSSR count). The molecule has 0 atom stereocenters. The molecule has 0 bridgehead atoms. The van der Waals surface area contributed by atoms with Crippen molar-refractivity contribution >= 4 is 34.1 Å². The van der Waals surface area contributed by atoms with Crippen LogP contribution in [-0.2, 0) is 16.0 Å². The van der Waals surface area contributed by atoms with Gasteiger partial charge in [-0.05, 0) is 42.3 Å². The van der Waals surface area contributed by atoms with Gasteiger partial charge in [0, 0.05) is 36.5 Å². The van der Waals surface area contributed by atoms with Crippen LogP contribution >= 0.6 is 0 Å². The number of fused-ring (bicyclic) bond motifs is 1. The molecule has 2 heterocycles. The van der Waals surface area contributed by atoms with Gasteiger partial charge < -0.3 is 10.3 Å². The van der Waals surface area contributed by atoms with Crippen LogP contribution in [0.3, 0.4) is 0 Å². The number of nitrogens with one attached hydrogen (secondary N) is 2. The second-order valence-electron chi connectivity index (χ2n) is 6.60. The van der Waals surface area contributed by atoms with Crippen LogP contribution < -0.4 is 10.3 Å². The number of aromatic nitrogens is 1. The van der Waals surface area contributed by atoms with Crippen LogP contribution in [0.1, 0.15) is 18.4 Å². The SMILES string of the molecule is O=C(NCCc1c[nH]c2ccc(F)cc12)C1=NN(c2ccccc2)C(=O)CC1. The van der Waals surface area contributed by atoms with E-state index in [1.807, 2.05) is 24.4 Å². The molecule has 0 saturated carbocycles. The summed E-state index contributed by atoms with van der Waals surface area (Å²) in [4.78, 5) is 27.7. The summed E-state index contributed by atoms with van der Waals surface area (Å²) in [5.41, 5.74) is 2.75. The van der Waals surface area contributed by atoms with Gasteiger partial charge in [-0.2, -0.15) is 5.10 Å². The average molecular weight is 378 g/mol. The van der Waals surface area contributed by atoms with Crippen molar-refractivity contribution in [3.05, 3.63) is 66.1 Å². The number of benzene rings is 2. The van der Waals surface area contributed by atoms with Gasteiger partial charge in [0.1, 0.15) is 11.5 Å². The minimum atomic E-state index is -0.292. The number of halogens is 1. The summed E-state index contributed by atoms with van der Waals surface area (Å²) >= 11 is 0. The monoisotopic (exact) mass is 378 g/mol. The van der Waals surface area contributed by atoms with Gasteiger partial charge in [-0.15, -0.1) is 0 Å². The molecule has 0 saturated heterocycles. The third kappa shape index (κ3) is 3.64. The molecule has 0 aliphatic carbocycles. The Balaban J connectivity index is 1.42. The number of nitrogens with zero attached hydrogens (tertiary/aromatic N) is 2.